The number of primary amides is 1. The molecule has 0 unspecified atom stereocenters. The van der Waals surface area contributed by atoms with Gasteiger partial charge in [0.25, 0.3) is 0 Å². The predicted octanol–water partition coefficient (Wildman–Crippen LogP) is -0.270. The van der Waals surface area contributed by atoms with Gasteiger partial charge in [-0.05, 0) is 18.8 Å². The Hall–Kier alpha value is -2.42. The van der Waals surface area contributed by atoms with Gasteiger partial charge in [-0.1, -0.05) is 0 Å². The molecule has 0 atom stereocenters. The molecular weight excluding hydrogens is 272 g/mol. The number of aromatic amines is 1. The monoisotopic (exact) mass is 290 g/mol. The number of hydrazine groups is 1. The van der Waals surface area contributed by atoms with Crippen LogP contribution < -0.4 is 21.9 Å². The first-order valence-corrected chi connectivity index (χ1v) is 6.88. The number of H-pyrrole nitrogens is 1. The molecule has 0 saturated carbocycles. The predicted molar refractivity (Wildman–Crippen MR) is 78.2 cm³/mol. The minimum atomic E-state index is -0.234. The SMILES string of the molecule is NNc1nc(N2CCC(CC(N)=O)CC2)c2cn[nH]c2n1. The highest BCUT2D eigenvalue weighted by molar-refractivity contribution is 5.87. The number of rotatable bonds is 4. The van der Waals surface area contributed by atoms with Crippen molar-refractivity contribution in [3.63, 3.8) is 0 Å². The third-order valence-corrected chi connectivity index (χ3v) is 3.82. The smallest absolute Gasteiger partial charge is 0.241 e. The summed E-state index contributed by atoms with van der Waals surface area (Å²) >= 11 is 0. The topological polar surface area (TPSA) is 139 Å². The molecule has 1 saturated heterocycles. The number of nitrogens with zero attached hydrogens (tertiary/aromatic N) is 4. The summed E-state index contributed by atoms with van der Waals surface area (Å²) in [4.78, 5) is 21.8. The molecule has 0 radical (unpaired) electrons. The van der Waals surface area contributed by atoms with E-state index in [1.807, 2.05) is 0 Å². The van der Waals surface area contributed by atoms with Gasteiger partial charge in [-0.3, -0.25) is 15.3 Å². The fourth-order valence-electron chi connectivity index (χ4n) is 2.76. The Morgan fingerprint density at radius 3 is 2.86 bits per heavy atom. The maximum absolute atomic E-state index is 11.0. The lowest BCUT2D eigenvalue weighted by molar-refractivity contribution is -0.119. The fraction of sp³-hybridized carbons (Fsp3) is 0.500. The van der Waals surface area contributed by atoms with Crippen molar-refractivity contribution in [2.45, 2.75) is 19.3 Å². The van der Waals surface area contributed by atoms with Crippen LogP contribution in [0.4, 0.5) is 11.8 Å². The second kappa shape index (κ2) is 5.52. The zero-order chi connectivity index (χ0) is 14.8. The molecule has 1 fully saturated rings. The number of piperidine rings is 1. The normalized spacial score (nSPS) is 16.3. The van der Waals surface area contributed by atoms with Crippen molar-refractivity contribution in [2.24, 2.45) is 17.5 Å². The molecule has 2 aromatic rings. The lowest BCUT2D eigenvalue weighted by Gasteiger charge is -2.32. The second-order valence-corrected chi connectivity index (χ2v) is 5.25. The third-order valence-electron chi connectivity index (χ3n) is 3.82. The number of carbonyl (C=O) groups is 1. The van der Waals surface area contributed by atoms with E-state index in [9.17, 15) is 4.79 Å². The molecule has 9 heteroatoms. The first-order valence-electron chi connectivity index (χ1n) is 6.88. The van der Waals surface area contributed by atoms with Gasteiger partial charge in [0.15, 0.2) is 5.65 Å². The molecule has 112 valence electrons. The number of amides is 1. The number of aromatic nitrogens is 4. The molecular formula is C12H18N8O. The molecule has 2 aromatic heterocycles. The molecule has 9 nitrogen and oxygen atoms in total. The summed E-state index contributed by atoms with van der Waals surface area (Å²) in [5.74, 6) is 6.68. The first-order chi connectivity index (χ1) is 10.2. The van der Waals surface area contributed by atoms with E-state index in [1.165, 1.54) is 0 Å². The van der Waals surface area contributed by atoms with Gasteiger partial charge in [0, 0.05) is 19.5 Å². The molecule has 0 aromatic carbocycles. The van der Waals surface area contributed by atoms with Gasteiger partial charge in [0.1, 0.15) is 5.82 Å². The van der Waals surface area contributed by atoms with Crippen molar-refractivity contribution >= 4 is 28.7 Å². The molecule has 21 heavy (non-hydrogen) atoms. The Morgan fingerprint density at radius 1 is 1.43 bits per heavy atom. The average Bonchev–Trinajstić information content (AvgIpc) is 2.94. The maximum Gasteiger partial charge on any atom is 0.241 e. The second-order valence-electron chi connectivity index (χ2n) is 5.25. The van der Waals surface area contributed by atoms with Crippen LogP contribution in [0.2, 0.25) is 0 Å². The van der Waals surface area contributed by atoms with Gasteiger partial charge in [-0.2, -0.15) is 15.1 Å². The summed E-state index contributed by atoms with van der Waals surface area (Å²) < 4.78 is 0. The van der Waals surface area contributed by atoms with Crippen LogP contribution >= 0.6 is 0 Å². The summed E-state index contributed by atoms with van der Waals surface area (Å²) in [6, 6.07) is 0. The summed E-state index contributed by atoms with van der Waals surface area (Å²) in [7, 11) is 0. The highest BCUT2D eigenvalue weighted by atomic mass is 16.1. The molecule has 0 aliphatic carbocycles. The first kappa shape index (κ1) is 13.6. The lowest BCUT2D eigenvalue weighted by atomic mass is 9.93. The zero-order valence-corrected chi connectivity index (χ0v) is 11.5. The van der Waals surface area contributed by atoms with Crippen molar-refractivity contribution in [1.82, 2.24) is 20.2 Å². The van der Waals surface area contributed by atoms with Crippen LogP contribution in [0.5, 0.6) is 0 Å². The summed E-state index contributed by atoms with van der Waals surface area (Å²) in [5, 5.41) is 7.69. The van der Waals surface area contributed by atoms with Gasteiger partial charge >= 0.3 is 0 Å². The average molecular weight is 290 g/mol. The molecule has 0 bridgehead atoms. The Kier molecular flexibility index (Phi) is 3.57. The van der Waals surface area contributed by atoms with Gasteiger partial charge in [-0.25, -0.2) is 5.84 Å². The van der Waals surface area contributed by atoms with Gasteiger partial charge in [-0.15, -0.1) is 0 Å². The number of nitrogens with two attached hydrogens (primary N) is 2. The molecule has 3 rings (SSSR count). The Bertz CT molecular complexity index is 646. The van der Waals surface area contributed by atoms with Crippen molar-refractivity contribution in [2.75, 3.05) is 23.4 Å². The minimum Gasteiger partial charge on any atom is -0.370 e. The standard InChI is InChI=1S/C12H18N8O/c13-9(21)5-7-1-3-20(4-2-7)11-8-6-15-19-10(8)16-12(17-11)18-14/h6-7H,1-5,14H2,(H2,13,21)(H2,15,16,17,18,19). The Morgan fingerprint density at radius 2 is 2.19 bits per heavy atom. The van der Waals surface area contributed by atoms with E-state index in [-0.39, 0.29) is 5.91 Å². The number of hydrogen-bond acceptors (Lipinski definition) is 7. The number of hydrogen-bond donors (Lipinski definition) is 4. The van der Waals surface area contributed by atoms with Crippen LogP contribution in [0.1, 0.15) is 19.3 Å². The van der Waals surface area contributed by atoms with E-state index < -0.39 is 0 Å². The molecule has 3 heterocycles. The lowest BCUT2D eigenvalue weighted by Crippen LogP contribution is -2.35. The van der Waals surface area contributed by atoms with Crippen LogP contribution in [0, 0.1) is 5.92 Å². The summed E-state index contributed by atoms with van der Waals surface area (Å²) in [6.45, 7) is 1.64. The largest absolute Gasteiger partial charge is 0.370 e. The number of anilines is 2. The maximum atomic E-state index is 11.0. The van der Waals surface area contributed by atoms with E-state index in [4.69, 9.17) is 11.6 Å². The molecule has 0 spiro atoms. The Balaban J connectivity index is 1.81. The van der Waals surface area contributed by atoms with E-state index in [0.717, 1.165) is 37.1 Å². The van der Waals surface area contributed by atoms with Crippen molar-refractivity contribution < 1.29 is 4.79 Å². The fourth-order valence-corrected chi connectivity index (χ4v) is 2.76. The molecule has 1 aliphatic heterocycles. The highest BCUT2D eigenvalue weighted by Crippen LogP contribution is 2.28. The third kappa shape index (κ3) is 2.72. The quantitative estimate of drug-likeness (QED) is 0.449. The molecule has 1 aliphatic rings. The summed E-state index contributed by atoms with van der Waals surface area (Å²) in [5.41, 5.74) is 8.37. The van der Waals surface area contributed by atoms with Gasteiger partial charge < -0.3 is 10.6 Å². The van der Waals surface area contributed by atoms with Gasteiger partial charge in [0.2, 0.25) is 11.9 Å². The van der Waals surface area contributed by atoms with Crippen LogP contribution in [-0.4, -0.2) is 39.2 Å². The zero-order valence-electron chi connectivity index (χ0n) is 11.5. The van der Waals surface area contributed by atoms with E-state index in [1.54, 1.807) is 6.20 Å². The van der Waals surface area contributed by atoms with Crippen LogP contribution in [0.3, 0.4) is 0 Å². The molecule has 6 N–H and O–H groups in total. The Labute approximate surface area is 121 Å². The van der Waals surface area contributed by atoms with Crippen LogP contribution in [0.25, 0.3) is 11.0 Å². The van der Waals surface area contributed by atoms with Gasteiger partial charge in [0.05, 0.1) is 11.6 Å². The minimum absolute atomic E-state index is 0.234. The number of carbonyl (C=O) groups excluding carboxylic acids is 1. The van der Waals surface area contributed by atoms with E-state index in [0.29, 0.717) is 23.9 Å². The summed E-state index contributed by atoms with van der Waals surface area (Å²) in [6.07, 6.45) is 3.99. The molecule has 1 amide bonds. The highest BCUT2D eigenvalue weighted by Gasteiger charge is 2.23. The van der Waals surface area contributed by atoms with E-state index >= 15 is 0 Å². The van der Waals surface area contributed by atoms with Crippen molar-refractivity contribution in [1.29, 1.82) is 0 Å². The number of nitrogen functional groups attached to an aromatic ring is 1. The number of nitrogens with one attached hydrogen (secondary N) is 2. The van der Waals surface area contributed by atoms with Crippen LogP contribution in [0.15, 0.2) is 6.20 Å². The van der Waals surface area contributed by atoms with Crippen molar-refractivity contribution in [3.05, 3.63) is 6.20 Å². The van der Waals surface area contributed by atoms with E-state index in [2.05, 4.69) is 30.5 Å². The number of fused-ring (bicyclic) bond motifs is 1. The van der Waals surface area contributed by atoms with Crippen LogP contribution in [-0.2, 0) is 4.79 Å². The van der Waals surface area contributed by atoms with Crippen molar-refractivity contribution in [3.8, 4) is 0 Å².